The molecule has 0 unspecified atom stereocenters. The molecule has 0 fully saturated rings. The summed E-state index contributed by atoms with van der Waals surface area (Å²) in [5.41, 5.74) is 0.777. The summed E-state index contributed by atoms with van der Waals surface area (Å²) in [5, 5.41) is 9.99. The van der Waals surface area contributed by atoms with Crippen LogP contribution in [0.3, 0.4) is 0 Å². The fourth-order valence-corrected chi connectivity index (χ4v) is 2.14. The van der Waals surface area contributed by atoms with Crippen LogP contribution in [0.2, 0.25) is 0 Å². The number of carbonyl (C=O) groups is 1. The van der Waals surface area contributed by atoms with Gasteiger partial charge in [-0.3, -0.25) is 4.79 Å². The van der Waals surface area contributed by atoms with Crippen molar-refractivity contribution in [2.75, 3.05) is 7.11 Å². The Kier molecular flexibility index (Phi) is 3.67. The molecule has 3 nitrogen and oxygen atoms in total. The van der Waals surface area contributed by atoms with E-state index in [9.17, 15) is 9.90 Å². The van der Waals surface area contributed by atoms with Gasteiger partial charge in [0.05, 0.1) is 12.7 Å². The van der Waals surface area contributed by atoms with Crippen LogP contribution >= 0.6 is 15.9 Å². The van der Waals surface area contributed by atoms with E-state index in [-0.39, 0.29) is 17.1 Å². The van der Waals surface area contributed by atoms with E-state index in [0.717, 1.165) is 0 Å². The molecular weight excluding hydrogens is 296 g/mol. The fourth-order valence-electron chi connectivity index (χ4n) is 1.63. The first-order valence-corrected chi connectivity index (χ1v) is 6.09. The first-order chi connectivity index (χ1) is 8.65. The molecule has 2 aromatic rings. The van der Waals surface area contributed by atoms with E-state index in [4.69, 9.17) is 4.74 Å². The van der Waals surface area contributed by atoms with Crippen LogP contribution in [-0.4, -0.2) is 18.0 Å². The quantitative estimate of drug-likeness (QED) is 0.884. The minimum Gasteiger partial charge on any atom is -0.506 e. The van der Waals surface area contributed by atoms with Crippen molar-refractivity contribution < 1.29 is 14.6 Å². The second-order valence-electron chi connectivity index (χ2n) is 3.67. The molecule has 0 amide bonds. The number of ether oxygens (including phenoxy) is 1. The Balaban J connectivity index is 2.47. The molecule has 2 aromatic carbocycles. The van der Waals surface area contributed by atoms with Gasteiger partial charge in [0.15, 0.2) is 5.78 Å². The number of methoxy groups -OCH3 is 1. The number of hydrogen-bond donors (Lipinski definition) is 1. The van der Waals surface area contributed by atoms with Gasteiger partial charge >= 0.3 is 0 Å². The predicted molar refractivity (Wildman–Crippen MR) is 72.2 cm³/mol. The highest BCUT2D eigenvalue weighted by Crippen LogP contribution is 2.37. The largest absolute Gasteiger partial charge is 0.506 e. The number of phenolic OH excluding ortho intramolecular Hbond substituents is 1. The van der Waals surface area contributed by atoms with Crippen molar-refractivity contribution in [3.63, 3.8) is 0 Å². The van der Waals surface area contributed by atoms with Crippen molar-refractivity contribution in [1.29, 1.82) is 0 Å². The SMILES string of the molecule is COc1ccc(C(=O)c2ccccc2)c(O)c1Br. The number of ketones is 1. The summed E-state index contributed by atoms with van der Waals surface area (Å²) in [7, 11) is 1.50. The predicted octanol–water partition coefficient (Wildman–Crippen LogP) is 3.39. The second-order valence-corrected chi connectivity index (χ2v) is 4.47. The molecule has 0 spiro atoms. The Morgan fingerprint density at radius 3 is 2.44 bits per heavy atom. The van der Waals surface area contributed by atoms with Gasteiger partial charge in [0.25, 0.3) is 0 Å². The van der Waals surface area contributed by atoms with E-state index in [1.54, 1.807) is 36.4 Å². The van der Waals surface area contributed by atoms with Crippen molar-refractivity contribution in [1.82, 2.24) is 0 Å². The Hall–Kier alpha value is -1.81. The molecule has 0 radical (unpaired) electrons. The van der Waals surface area contributed by atoms with E-state index in [0.29, 0.717) is 15.8 Å². The van der Waals surface area contributed by atoms with Crippen LogP contribution in [0.5, 0.6) is 11.5 Å². The van der Waals surface area contributed by atoms with Crippen LogP contribution in [-0.2, 0) is 0 Å². The average molecular weight is 307 g/mol. The molecule has 0 aliphatic carbocycles. The minimum atomic E-state index is -0.226. The Bertz CT molecular complexity index is 579. The zero-order valence-electron chi connectivity index (χ0n) is 9.68. The Morgan fingerprint density at radius 1 is 1.17 bits per heavy atom. The lowest BCUT2D eigenvalue weighted by molar-refractivity contribution is 0.103. The molecule has 18 heavy (non-hydrogen) atoms. The maximum absolute atomic E-state index is 12.2. The summed E-state index contributed by atoms with van der Waals surface area (Å²) in [4.78, 5) is 12.2. The third-order valence-corrected chi connectivity index (χ3v) is 3.35. The molecule has 2 rings (SSSR count). The molecule has 0 atom stereocenters. The summed E-state index contributed by atoms with van der Waals surface area (Å²) in [5.74, 6) is 0.150. The van der Waals surface area contributed by atoms with Crippen molar-refractivity contribution in [3.05, 3.63) is 58.1 Å². The zero-order chi connectivity index (χ0) is 13.1. The number of aromatic hydroxyl groups is 1. The summed E-state index contributed by atoms with van der Waals surface area (Å²) in [6.07, 6.45) is 0. The van der Waals surface area contributed by atoms with Crippen LogP contribution in [0.4, 0.5) is 0 Å². The third kappa shape index (κ3) is 2.24. The topological polar surface area (TPSA) is 46.5 Å². The monoisotopic (exact) mass is 306 g/mol. The maximum atomic E-state index is 12.2. The molecule has 92 valence electrons. The molecule has 0 saturated heterocycles. The van der Waals surface area contributed by atoms with Crippen molar-refractivity contribution in [2.45, 2.75) is 0 Å². The van der Waals surface area contributed by atoms with Crippen LogP contribution in [0, 0.1) is 0 Å². The summed E-state index contributed by atoms with van der Waals surface area (Å²) in [6.45, 7) is 0. The maximum Gasteiger partial charge on any atom is 0.196 e. The van der Waals surface area contributed by atoms with Gasteiger partial charge < -0.3 is 9.84 Å². The number of carbonyl (C=O) groups excluding carboxylic acids is 1. The van der Waals surface area contributed by atoms with E-state index in [2.05, 4.69) is 15.9 Å². The van der Waals surface area contributed by atoms with Crippen LogP contribution in [0.1, 0.15) is 15.9 Å². The molecule has 0 aliphatic heterocycles. The van der Waals surface area contributed by atoms with Crippen molar-refractivity contribution >= 4 is 21.7 Å². The molecule has 1 N–H and O–H groups in total. The van der Waals surface area contributed by atoms with Crippen molar-refractivity contribution in [2.24, 2.45) is 0 Å². The van der Waals surface area contributed by atoms with Crippen LogP contribution < -0.4 is 4.74 Å². The van der Waals surface area contributed by atoms with Gasteiger partial charge in [-0.15, -0.1) is 0 Å². The second kappa shape index (κ2) is 5.23. The number of benzene rings is 2. The van der Waals surface area contributed by atoms with E-state index in [1.807, 2.05) is 6.07 Å². The molecule has 0 aromatic heterocycles. The van der Waals surface area contributed by atoms with Crippen molar-refractivity contribution in [3.8, 4) is 11.5 Å². The van der Waals surface area contributed by atoms with Gasteiger partial charge in [-0.25, -0.2) is 0 Å². The van der Waals surface area contributed by atoms with E-state index < -0.39 is 0 Å². The van der Waals surface area contributed by atoms with Crippen LogP contribution in [0.25, 0.3) is 0 Å². The minimum absolute atomic E-state index is 0.108. The number of hydrogen-bond acceptors (Lipinski definition) is 3. The van der Waals surface area contributed by atoms with Gasteiger partial charge in [-0.2, -0.15) is 0 Å². The molecule has 0 heterocycles. The number of rotatable bonds is 3. The van der Waals surface area contributed by atoms with E-state index in [1.165, 1.54) is 7.11 Å². The molecule has 4 heteroatoms. The first kappa shape index (κ1) is 12.6. The Labute approximate surface area is 113 Å². The Morgan fingerprint density at radius 2 is 1.83 bits per heavy atom. The highest BCUT2D eigenvalue weighted by Gasteiger charge is 2.17. The summed E-state index contributed by atoms with van der Waals surface area (Å²) in [6, 6.07) is 12.0. The number of phenols is 1. The number of halogens is 1. The lowest BCUT2D eigenvalue weighted by atomic mass is 10.0. The average Bonchev–Trinajstić information content (AvgIpc) is 2.42. The van der Waals surface area contributed by atoms with Crippen LogP contribution in [0.15, 0.2) is 46.9 Å². The smallest absolute Gasteiger partial charge is 0.196 e. The molecular formula is C14H11BrO3. The van der Waals surface area contributed by atoms with Gasteiger partial charge in [0, 0.05) is 5.56 Å². The normalized spacial score (nSPS) is 10.1. The molecule has 0 aliphatic rings. The third-order valence-electron chi connectivity index (χ3n) is 2.58. The summed E-state index contributed by atoms with van der Waals surface area (Å²) >= 11 is 3.20. The highest BCUT2D eigenvalue weighted by atomic mass is 79.9. The lowest BCUT2D eigenvalue weighted by Gasteiger charge is -2.09. The van der Waals surface area contributed by atoms with E-state index >= 15 is 0 Å². The standard InChI is InChI=1S/C14H11BrO3/c1-18-11-8-7-10(14(17)12(11)15)13(16)9-5-3-2-4-6-9/h2-8,17H,1H3. The summed E-state index contributed by atoms with van der Waals surface area (Å²) < 4.78 is 5.43. The molecule has 0 saturated carbocycles. The first-order valence-electron chi connectivity index (χ1n) is 5.30. The highest BCUT2D eigenvalue weighted by molar-refractivity contribution is 9.10. The van der Waals surface area contributed by atoms with Gasteiger partial charge in [-0.1, -0.05) is 30.3 Å². The van der Waals surface area contributed by atoms with Gasteiger partial charge in [0.2, 0.25) is 0 Å². The molecule has 0 bridgehead atoms. The zero-order valence-corrected chi connectivity index (χ0v) is 11.3. The fraction of sp³-hybridized carbons (Fsp3) is 0.0714. The lowest BCUT2D eigenvalue weighted by Crippen LogP contribution is -2.02. The van der Waals surface area contributed by atoms with Gasteiger partial charge in [-0.05, 0) is 28.1 Å². The van der Waals surface area contributed by atoms with Gasteiger partial charge in [0.1, 0.15) is 16.0 Å².